The van der Waals surface area contributed by atoms with Gasteiger partial charge in [0, 0.05) is 5.56 Å². The van der Waals surface area contributed by atoms with Crippen molar-refractivity contribution in [2.45, 2.75) is 6.61 Å². The number of amides is 1. The molecule has 1 amide bonds. The lowest BCUT2D eigenvalue weighted by Gasteiger charge is -2.14. The van der Waals surface area contributed by atoms with Gasteiger partial charge in [-0.3, -0.25) is 4.79 Å². The Hall–Kier alpha value is -4.95. The molecule has 0 heterocycles. The molecular formula is C31H21FN2O2. The highest BCUT2D eigenvalue weighted by Crippen LogP contribution is 2.32. The molecule has 0 saturated heterocycles. The van der Waals surface area contributed by atoms with E-state index in [1.54, 1.807) is 6.07 Å². The molecule has 0 unspecified atom stereocenters. The normalized spacial score (nSPS) is 11.3. The number of carbonyl (C=O) groups is 1. The maximum atomic E-state index is 14.1. The number of halogens is 1. The number of rotatable bonds is 6. The van der Waals surface area contributed by atoms with Gasteiger partial charge in [-0.25, -0.2) is 4.39 Å². The van der Waals surface area contributed by atoms with E-state index in [1.165, 1.54) is 24.3 Å². The van der Waals surface area contributed by atoms with Crippen molar-refractivity contribution < 1.29 is 13.9 Å². The highest BCUT2D eigenvalue weighted by atomic mass is 19.1. The maximum Gasteiger partial charge on any atom is 0.266 e. The first-order chi connectivity index (χ1) is 17.6. The van der Waals surface area contributed by atoms with Crippen molar-refractivity contribution in [3.8, 4) is 11.8 Å². The molecule has 0 saturated carbocycles. The summed E-state index contributed by atoms with van der Waals surface area (Å²) in [5.41, 5.74) is 1.47. The minimum atomic E-state index is -0.699. The molecule has 5 rings (SSSR count). The first-order valence-electron chi connectivity index (χ1n) is 11.4. The Bertz CT molecular complexity index is 1660. The zero-order valence-corrected chi connectivity index (χ0v) is 19.2. The van der Waals surface area contributed by atoms with Crippen molar-refractivity contribution in [1.29, 1.82) is 5.26 Å². The number of hydrogen-bond acceptors (Lipinski definition) is 3. The van der Waals surface area contributed by atoms with Gasteiger partial charge in [0.05, 0.1) is 5.69 Å². The number of anilines is 1. The highest BCUT2D eigenvalue weighted by Gasteiger charge is 2.15. The minimum Gasteiger partial charge on any atom is -0.488 e. The van der Waals surface area contributed by atoms with Gasteiger partial charge in [0.25, 0.3) is 5.91 Å². The van der Waals surface area contributed by atoms with Gasteiger partial charge < -0.3 is 10.1 Å². The molecule has 4 nitrogen and oxygen atoms in total. The highest BCUT2D eigenvalue weighted by molar-refractivity contribution is 6.11. The lowest BCUT2D eigenvalue weighted by atomic mass is 10.0. The fourth-order valence-corrected chi connectivity index (χ4v) is 4.17. The molecule has 0 aliphatic rings. The third-order valence-electron chi connectivity index (χ3n) is 5.97. The van der Waals surface area contributed by atoms with E-state index in [9.17, 15) is 14.4 Å². The van der Waals surface area contributed by atoms with Crippen molar-refractivity contribution >= 4 is 39.2 Å². The van der Waals surface area contributed by atoms with Crippen LogP contribution < -0.4 is 10.1 Å². The maximum absolute atomic E-state index is 14.1. The van der Waals surface area contributed by atoms with Crippen LogP contribution in [0.25, 0.3) is 27.6 Å². The predicted octanol–water partition coefficient (Wildman–Crippen LogP) is 7.26. The van der Waals surface area contributed by atoms with Crippen LogP contribution in [0, 0.1) is 17.1 Å². The van der Waals surface area contributed by atoms with Crippen LogP contribution in [0.2, 0.25) is 0 Å². The lowest BCUT2D eigenvalue weighted by molar-refractivity contribution is -0.112. The van der Waals surface area contributed by atoms with Crippen LogP contribution in [-0.2, 0) is 11.4 Å². The zero-order valence-electron chi connectivity index (χ0n) is 19.2. The zero-order chi connectivity index (χ0) is 24.9. The summed E-state index contributed by atoms with van der Waals surface area (Å²) in [6.07, 6.45) is 1.50. The number of carbonyl (C=O) groups excluding carboxylic acids is 1. The number of nitrogens with zero attached hydrogens (tertiary/aromatic N) is 1. The fourth-order valence-electron chi connectivity index (χ4n) is 4.17. The monoisotopic (exact) mass is 472 g/mol. The summed E-state index contributed by atoms with van der Waals surface area (Å²) in [7, 11) is 0. The summed E-state index contributed by atoms with van der Waals surface area (Å²) in [5, 5.41) is 16.2. The second-order valence-electron chi connectivity index (χ2n) is 8.23. The number of ether oxygens (including phenoxy) is 1. The second kappa shape index (κ2) is 10.1. The Morgan fingerprint density at radius 3 is 2.28 bits per heavy atom. The van der Waals surface area contributed by atoms with Gasteiger partial charge in [-0.1, -0.05) is 84.9 Å². The van der Waals surface area contributed by atoms with Crippen LogP contribution in [0.15, 0.2) is 109 Å². The molecule has 5 aromatic carbocycles. The summed E-state index contributed by atoms with van der Waals surface area (Å²) >= 11 is 0. The van der Waals surface area contributed by atoms with E-state index in [1.807, 2.05) is 66.7 Å². The number of para-hydroxylation sites is 1. The van der Waals surface area contributed by atoms with Crippen LogP contribution in [0.1, 0.15) is 11.1 Å². The Balaban J connectivity index is 1.52. The fraction of sp³-hybridized carbons (Fsp3) is 0.0323. The van der Waals surface area contributed by atoms with E-state index in [0.29, 0.717) is 17.9 Å². The Morgan fingerprint density at radius 1 is 0.833 bits per heavy atom. The first kappa shape index (κ1) is 22.8. The molecule has 5 aromatic rings. The van der Waals surface area contributed by atoms with Gasteiger partial charge >= 0.3 is 0 Å². The molecule has 0 radical (unpaired) electrons. The Kier molecular flexibility index (Phi) is 6.42. The topological polar surface area (TPSA) is 62.1 Å². The third-order valence-corrected chi connectivity index (χ3v) is 5.97. The van der Waals surface area contributed by atoms with Crippen LogP contribution in [0.5, 0.6) is 5.75 Å². The van der Waals surface area contributed by atoms with Gasteiger partial charge in [0.2, 0.25) is 0 Å². The Morgan fingerprint density at radius 2 is 1.50 bits per heavy atom. The van der Waals surface area contributed by atoms with E-state index in [0.717, 1.165) is 27.1 Å². The molecule has 0 aliphatic heterocycles. The van der Waals surface area contributed by atoms with Gasteiger partial charge in [-0.15, -0.1) is 0 Å². The molecule has 0 bridgehead atoms. The molecule has 5 heteroatoms. The SMILES string of the molecule is N#C/C(=C\c1c(OCc2cccc3ccccc23)ccc2ccccc12)C(=O)Nc1ccccc1F. The standard InChI is InChI=1S/C31H21FN2O2/c32-28-14-5-6-15-29(28)34-31(35)24(19-33)18-27-26-13-4-2-9-22(26)16-17-30(27)36-20-23-11-7-10-21-8-1-3-12-25(21)23/h1-18H,20H2,(H,34,35)/b24-18+. The molecule has 1 N–H and O–H groups in total. The average Bonchev–Trinajstić information content (AvgIpc) is 2.92. The average molecular weight is 473 g/mol. The second-order valence-corrected chi connectivity index (χ2v) is 8.23. The number of hydrogen-bond donors (Lipinski definition) is 1. The third kappa shape index (κ3) is 4.66. The molecule has 36 heavy (non-hydrogen) atoms. The van der Waals surface area contributed by atoms with Crippen LogP contribution in [0.4, 0.5) is 10.1 Å². The van der Waals surface area contributed by atoms with E-state index in [-0.39, 0.29) is 11.3 Å². The molecule has 0 atom stereocenters. The minimum absolute atomic E-state index is 0.00833. The quantitative estimate of drug-likeness (QED) is 0.209. The largest absolute Gasteiger partial charge is 0.488 e. The van der Waals surface area contributed by atoms with Crippen molar-refractivity contribution in [2.75, 3.05) is 5.32 Å². The van der Waals surface area contributed by atoms with Gasteiger partial charge in [-0.05, 0) is 51.4 Å². The summed E-state index contributed by atoms with van der Waals surface area (Å²) in [6, 6.07) is 33.4. The van der Waals surface area contributed by atoms with Crippen molar-refractivity contribution in [2.24, 2.45) is 0 Å². The van der Waals surface area contributed by atoms with Crippen LogP contribution >= 0.6 is 0 Å². The number of nitriles is 1. The van der Waals surface area contributed by atoms with Gasteiger partial charge in [0.1, 0.15) is 29.8 Å². The number of benzene rings is 5. The van der Waals surface area contributed by atoms with E-state index >= 15 is 0 Å². The van der Waals surface area contributed by atoms with Gasteiger partial charge in [0.15, 0.2) is 0 Å². The first-order valence-corrected chi connectivity index (χ1v) is 11.4. The van der Waals surface area contributed by atoms with Gasteiger partial charge in [-0.2, -0.15) is 5.26 Å². The van der Waals surface area contributed by atoms with Crippen molar-refractivity contribution in [3.63, 3.8) is 0 Å². The smallest absolute Gasteiger partial charge is 0.266 e. The van der Waals surface area contributed by atoms with E-state index < -0.39 is 11.7 Å². The van der Waals surface area contributed by atoms with Crippen molar-refractivity contribution in [3.05, 3.63) is 126 Å². The summed E-state index contributed by atoms with van der Waals surface area (Å²) < 4.78 is 20.3. The number of fused-ring (bicyclic) bond motifs is 2. The summed E-state index contributed by atoms with van der Waals surface area (Å²) in [6.45, 7) is 0.309. The molecule has 0 aliphatic carbocycles. The molecule has 0 fully saturated rings. The molecular weight excluding hydrogens is 451 g/mol. The molecule has 0 aromatic heterocycles. The molecule has 0 spiro atoms. The summed E-state index contributed by atoms with van der Waals surface area (Å²) in [5.74, 6) is -0.740. The van der Waals surface area contributed by atoms with E-state index in [2.05, 4.69) is 23.5 Å². The van der Waals surface area contributed by atoms with E-state index in [4.69, 9.17) is 4.74 Å². The molecule has 174 valence electrons. The van der Waals surface area contributed by atoms with Crippen LogP contribution in [0.3, 0.4) is 0 Å². The van der Waals surface area contributed by atoms with Crippen LogP contribution in [-0.4, -0.2) is 5.91 Å². The number of nitrogens with one attached hydrogen (secondary N) is 1. The summed E-state index contributed by atoms with van der Waals surface area (Å²) in [4.78, 5) is 12.9. The predicted molar refractivity (Wildman–Crippen MR) is 141 cm³/mol. The Labute approximate surface area is 207 Å². The van der Waals surface area contributed by atoms with Crippen molar-refractivity contribution in [1.82, 2.24) is 0 Å². The lowest BCUT2D eigenvalue weighted by Crippen LogP contribution is -2.14.